The Morgan fingerprint density at radius 3 is 2.31 bits per heavy atom. The van der Waals surface area contributed by atoms with Crippen molar-refractivity contribution in [3.8, 4) is 0 Å². The Morgan fingerprint density at radius 2 is 1.75 bits per heavy atom. The van der Waals surface area contributed by atoms with E-state index in [2.05, 4.69) is 28.9 Å². The van der Waals surface area contributed by atoms with Crippen LogP contribution in [0.15, 0.2) is 11.5 Å². The number of aliphatic hydroxyl groups is 2. The fourth-order valence-electron chi connectivity index (χ4n) is 4.16. The lowest BCUT2D eigenvalue weighted by atomic mass is 9.85. The zero-order valence-corrected chi connectivity index (χ0v) is 22.8. The maximum Gasteiger partial charge on any atom is 0.490 e. The van der Waals surface area contributed by atoms with Crippen LogP contribution >= 0.6 is 35.2 Å². The van der Waals surface area contributed by atoms with Crippen molar-refractivity contribution in [2.75, 3.05) is 25.2 Å². The number of nitrogens with one attached hydrogen (secondary N) is 1. The van der Waals surface area contributed by atoms with E-state index in [9.17, 15) is 33.7 Å². The minimum Gasteiger partial charge on any atom is -0.390 e. The highest BCUT2D eigenvalue weighted by molar-refractivity contribution is 7.98. The molecule has 0 spiro atoms. The summed E-state index contributed by atoms with van der Waals surface area (Å²) in [6.45, 7) is 2.26. The summed E-state index contributed by atoms with van der Waals surface area (Å²) >= 11 is 1.28. The molecule has 2 unspecified atom stereocenters. The van der Waals surface area contributed by atoms with E-state index in [0.29, 0.717) is 22.1 Å². The lowest BCUT2D eigenvalue weighted by Crippen LogP contribution is -2.42. The van der Waals surface area contributed by atoms with Crippen LogP contribution in [-0.4, -0.2) is 81.4 Å². The average molecular weight is 593 g/mol. The minimum atomic E-state index is -5.70. The lowest BCUT2D eigenvalue weighted by Gasteiger charge is -2.31. The van der Waals surface area contributed by atoms with E-state index in [4.69, 9.17) is 14.3 Å². The molecule has 7 N–H and O–H groups in total. The van der Waals surface area contributed by atoms with Gasteiger partial charge in [0.15, 0.2) is 22.1 Å². The number of rotatable bonds is 10. The Bertz CT molecular complexity index is 1290. The SMILES string of the molecule is CNc1nc(SC)nc2c1ncn2[C@]1(C)C[C@](C)(COP(=O)(O)OP(=O)(O)OP(=O)(O)O)[C@@H](O)[C@H]1O. The molecule has 0 aliphatic heterocycles. The summed E-state index contributed by atoms with van der Waals surface area (Å²) in [4.78, 5) is 49.5. The van der Waals surface area contributed by atoms with Crippen molar-refractivity contribution >= 4 is 52.2 Å². The number of hydrogen-bond acceptors (Lipinski definition) is 13. The van der Waals surface area contributed by atoms with E-state index >= 15 is 0 Å². The summed E-state index contributed by atoms with van der Waals surface area (Å²) in [7, 11) is -15.0. The molecule has 0 saturated heterocycles. The fourth-order valence-corrected chi connectivity index (χ4v) is 7.68. The van der Waals surface area contributed by atoms with Gasteiger partial charge in [-0.2, -0.15) is 8.62 Å². The molecule has 204 valence electrons. The molecule has 36 heavy (non-hydrogen) atoms. The minimum absolute atomic E-state index is 0.0585. The van der Waals surface area contributed by atoms with Crippen molar-refractivity contribution in [2.45, 2.75) is 43.2 Å². The first-order chi connectivity index (χ1) is 16.4. The molecular weight excluding hydrogens is 567 g/mol. The summed E-state index contributed by atoms with van der Waals surface area (Å²) < 4.78 is 48.2. The molecule has 2 heterocycles. The lowest BCUT2D eigenvalue weighted by molar-refractivity contribution is -0.0488. The molecule has 17 nitrogen and oxygen atoms in total. The fraction of sp³-hybridized carbons (Fsp3) is 0.667. The summed E-state index contributed by atoms with van der Waals surface area (Å²) in [5, 5.41) is 25.2. The number of phosphoric acid groups is 3. The van der Waals surface area contributed by atoms with E-state index in [1.165, 1.54) is 25.0 Å². The zero-order chi connectivity index (χ0) is 27.3. The van der Waals surface area contributed by atoms with Crippen LogP contribution in [0.4, 0.5) is 5.82 Å². The van der Waals surface area contributed by atoms with E-state index in [-0.39, 0.29) is 6.42 Å². The van der Waals surface area contributed by atoms with Crippen LogP contribution in [0.25, 0.3) is 11.2 Å². The summed E-state index contributed by atoms with van der Waals surface area (Å²) in [6, 6.07) is 0. The Morgan fingerprint density at radius 1 is 1.11 bits per heavy atom. The highest BCUT2D eigenvalue weighted by atomic mass is 32.2. The van der Waals surface area contributed by atoms with Gasteiger partial charge in [-0.3, -0.25) is 4.52 Å². The Balaban J connectivity index is 1.88. The van der Waals surface area contributed by atoms with Crippen LogP contribution in [0.3, 0.4) is 0 Å². The average Bonchev–Trinajstić information content (AvgIpc) is 3.24. The number of phosphoric ester groups is 1. The summed E-state index contributed by atoms with van der Waals surface area (Å²) in [6.07, 6.45) is 0.149. The van der Waals surface area contributed by atoms with Gasteiger partial charge < -0.3 is 39.7 Å². The van der Waals surface area contributed by atoms with Crippen molar-refractivity contribution in [1.82, 2.24) is 19.5 Å². The van der Waals surface area contributed by atoms with Gasteiger partial charge in [0.1, 0.15) is 6.10 Å². The van der Waals surface area contributed by atoms with Crippen molar-refractivity contribution in [2.24, 2.45) is 5.41 Å². The third-order valence-corrected chi connectivity index (χ3v) is 10.1. The van der Waals surface area contributed by atoms with Gasteiger partial charge in [0.25, 0.3) is 0 Å². The predicted molar refractivity (Wildman–Crippen MR) is 125 cm³/mol. The molecule has 0 amide bonds. The first-order valence-corrected chi connectivity index (χ1v) is 15.7. The van der Waals surface area contributed by atoms with Crippen molar-refractivity contribution in [3.05, 3.63) is 6.33 Å². The van der Waals surface area contributed by atoms with Gasteiger partial charge in [-0.1, -0.05) is 18.7 Å². The molecule has 2 aromatic rings. The van der Waals surface area contributed by atoms with E-state index < -0.39 is 53.2 Å². The molecule has 1 fully saturated rings. The van der Waals surface area contributed by atoms with Crippen molar-refractivity contribution in [3.63, 3.8) is 0 Å². The molecule has 0 aromatic carbocycles. The first kappa shape index (κ1) is 29.6. The molecule has 2 aromatic heterocycles. The number of aromatic nitrogens is 4. The molecule has 1 aliphatic rings. The molecule has 1 aliphatic carbocycles. The van der Waals surface area contributed by atoms with Crippen molar-refractivity contribution in [1.29, 1.82) is 0 Å². The van der Waals surface area contributed by atoms with Gasteiger partial charge in [0, 0.05) is 12.5 Å². The Kier molecular flexibility index (Phi) is 8.19. The Labute approximate surface area is 208 Å². The van der Waals surface area contributed by atoms with Gasteiger partial charge in [0.2, 0.25) is 0 Å². The number of anilines is 1. The second-order valence-electron chi connectivity index (χ2n) is 8.54. The number of nitrogens with zero attached hydrogens (tertiary/aromatic N) is 4. The molecule has 0 radical (unpaired) electrons. The van der Waals surface area contributed by atoms with E-state index in [0.717, 1.165) is 0 Å². The maximum absolute atomic E-state index is 12.2. The van der Waals surface area contributed by atoms with E-state index in [1.807, 2.05) is 0 Å². The highest BCUT2D eigenvalue weighted by Gasteiger charge is 2.58. The maximum atomic E-state index is 12.2. The topological polar surface area (TPSA) is 256 Å². The normalized spacial score (nSPS) is 30.3. The number of imidazole rings is 1. The van der Waals surface area contributed by atoms with E-state index in [1.54, 1.807) is 24.8 Å². The molecular formula is C15H26N5O12P3S. The third kappa shape index (κ3) is 6.02. The van der Waals surface area contributed by atoms with Crippen LogP contribution < -0.4 is 5.32 Å². The van der Waals surface area contributed by atoms with Crippen LogP contribution in [0, 0.1) is 5.41 Å². The molecule has 6 atom stereocenters. The molecule has 0 bridgehead atoms. The predicted octanol–water partition coefficient (Wildman–Crippen LogP) is 0.780. The van der Waals surface area contributed by atoms with Gasteiger partial charge in [-0.05, 0) is 19.6 Å². The Hall–Kier alpha value is -0.970. The van der Waals surface area contributed by atoms with Crippen LogP contribution in [0.1, 0.15) is 20.3 Å². The quantitative estimate of drug-likeness (QED) is 0.114. The van der Waals surface area contributed by atoms with Crippen LogP contribution in [0.2, 0.25) is 0 Å². The summed E-state index contributed by atoms with van der Waals surface area (Å²) in [5.41, 5.74) is -1.92. The molecule has 21 heteroatoms. The zero-order valence-electron chi connectivity index (χ0n) is 19.3. The van der Waals surface area contributed by atoms with Gasteiger partial charge in [-0.15, -0.1) is 0 Å². The highest BCUT2D eigenvalue weighted by Crippen LogP contribution is 2.66. The smallest absolute Gasteiger partial charge is 0.390 e. The largest absolute Gasteiger partial charge is 0.490 e. The summed E-state index contributed by atoms with van der Waals surface area (Å²) in [5.74, 6) is 0.440. The molecule has 1 saturated carbocycles. The first-order valence-electron chi connectivity index (χ1n) is 9.98. The van der Waals surface area contributed by atoms with Crippen LogP contribution in [0.5, 0.6) is 0 Å². The number of aliphatic hydroxyl groups excluding tert-OH is 2. The third-order valence-electron chi connectivity index (χ3n) is 5.73. The number of hydrogen-bond donors (Lipinski definition) is 7. The van der Waals surface area contributed by atoms with Crippen molar-refractivity contribution < 1.29 is 56.6 Å². The van der Waals surface area contributed by atoms with Gasteiger partial charge in [-0.25, -0.2) is 28.6 Å². The number of fused-ring (bicyclic) bond motifs is 1. The van der Waals surface area contributed by atoms with Gasteiger partial charge >= 0.3 is 23.5 Å². The number of thioether (sulfide) groups is 1. The second-order valence-corrected chi connectivity index (χ2v) is 13.7. The molecule has 3 rings (SSSR count). The van der Waals surface area contributed by atoms with Gasteiger partial charge in [0.05, 0.1) is 24.6 Å². The standard InChI is InChI=1S/C15H26N5O12P3S/c1-14(6-30-34(26,27)32-35(28,29)31-33(23,24)25)5-15(2,10(22)9(14)21)20-7-17-8-11(16-3)18-13(36-4)19-12(8)20/h7,9-10,21-22H,5-6H2,1-4H3,(H,26,27)(H,28,29)(H,16,18,19)(H2,23,24,25)/t9-,10+,14+,15+/m0/s1. The van der Waals surface area contributed by atoms with Crippen LogP contribution in [-0.2, 0) is 32.4 Å². The monoisotopic (exact) mass is 593 g/mol. The second kappa shape index (κ2) is 9.97.